The minimum Gasteiger partial charge on any atom is -0.493 e. The molecular weight excluding hydrogens is 264 g/mol. The highest BCUT2D eigenvalue weighted by atomic mass is 16.5. The second-order valence-electron chi connectivity index (χ2n) is 6.42. The average molecular weight is 290 g/mol. The molecule has 2 aliphatic rings. The maximum atomic E-state index is 5.81. The Morgan fingerprint density at radius 2 is 2.24 bits per heavy atom. The van der Waals surface area contributed by atoms with Gasteiger partial charge in [-0.05, 0) is 56.1 Å². The van der Waals surface area contributed by atoms with Crippen LogP contribution < -0.4 is 16.0 Å². The molecule has 0 radical (unpaired) electrons. The summed E-state index contributed by atoms with van der Waals surface area (Å²) in [6.07, 6.45) is 6.69. The van der Waals surface area contributed by atoms with Crippen molar-refractivity contribution in [3.63, 3.8) is 0 Å². The van der Waals surface area contributed by atoms with Crippen molar-refractivity contribution < 1.29 is 9.47 Å². The molecule has 1 heterocycles. The molecule has 1 fully saturated rings. The molecule has 1 aromatic rings. The second kappa shape index (κ2) is 6.34. The average Bonchev–Trinajstić information content (AvgIpc) is 2.50. The maximum absolute atomic E-state index is 5.81. The summed E-state index contributed by atoms with van der Waals surface area (Å²) in [7, 11) is 1.83. The topological polar surface area (TPSA) is 56.5 Å². The molecule has 0 saturated heterocycles. The Morgan fingerprint density at radius 3 is 2.90 bits per heavy atom. The van der Waals surface area contributed by atoms with Gasteiger partial charge in [-0.2, -0.15) is 0 Å². The molecule has 0 amide bonds. The van der Waals surface area contributed by atoms with Crippen LogP contribution in [0.15, 0.2) is 24.3 Å². The smallest absolute Gasteiger partial charge is 0.122 e. The van der Waals surface area contributed by atoms with Gasteiger partial charge < -0.3 is 9.47 Å². The molecular formula is C17H26N2O2. The molecule has 2 atom stereocenters. The van der Waals surface area contributed by atoms with Gasteiger partial charge in [0.05, 0.1) is 12.2 Å². The molecule has 0 bridgehead atoms. The van der Waals surface area contributed by atoms with E-state index >= 15 is 0 Å². The second-order valence-corrected chi connectivity index (χ2v) is 6.42. The number of hydrogen-bond donors (Lipinski definition) is 2. The molecule has 1 aliphatic heterocycles. The van der Waals surface area contributed by atoms with E-state index in [2.05, 4.69) is 23.6 Å². The fourth-order valence-electron chi connectivity index (χ4n) is 3.73. The van der Waals surface area contributed by atoms with Crippen molar-refractivity contribution in [3.8, 4) is 5.75 Å². The summed E-state index contributed by atoms with van der Waals surface area (Å²) < 4.78 is 11.5. The minimum atomic E-state index is 0.0573. The van der Waals surface area contributed by atoms with Crippen LogP contribution in [-0.4, -0.2) is 25.4 Å². The number of hydrogen-bond acceptors (Lipinski definition) is 4. The number of para-hydroxylation sites is 1. The monoisotopic (exact) mass is 290 g/mol. The van der Waals surface area contributed by atoms with E-state index < -0.39 is 0 Å². The highest BCUT2D eigenvalue weighted by Gasteiger charge is 2.39. The molecule has 21 heavy (non-hydrogen) atoms. The van der Waals surface area contributed by atoms with Gasteiger partial charge in [-0.1, -0.05) is 18.2 Å². The first-order valence-corrected chi connectivity index (χ1v) is 7.99. The van der Waals surface area contributed by atoms with Gasteiger partial charge in [0.15, 0.2) is 0 Å². The highest BCUT2D eigenvalue weighted by molar-refractivity contribution is 5.37. The summed E-state index contributed by atoms with van der Waals surface area (Å²) in [5.41, 5.74) is 4.40. The van der Waals surface area contributed by atoms with Crippen molar-refractivity contribution in [2.24, 2.45) is 5.84 Å². The third-order valence-electron chi connectivity index (χ3n) is 5.20. The molecule has 1 aliphatic carbocycles. The van der Waals surface area contributed by atoms with Crippen LogP contribution in [0.3, 0.4) is 0 Å². The van der Waals surface area contributed by atoms with Crippen LogP contribution in [-0.2, 0) is 4.74 Å². The summed E-state index contributed by atoms with van der Waals surface area (Å²) in [6.45, 7) is 0.800. The summed E-state index contributed by atoms with van der Waals surface area (Å²) >= 11 is 0. The summed E-state index contributed by atoms with van der Waals surface area (Å²) in [5.74, 6) is 7.37. The first-order chi connectivity index (χ1) is 10.3. The van der Waals surface area contributed by atoms with Crippen molar-refractivity contribution in [2.75, 3.05) is 13.7 Å². The zero-order valence-corrected chi connectivity index (χ0v) is 12.8. The Morgan fingerprint density at radius 1 is 1.43 bits per heavy atom. The van der Waals surface area contributed by atoms with Crippen molar-refractivity contribution >= 4 is 0 Å². The van der Waals surface area contributed by atoms with E-state index in [4.69, 9.17) is 15.3 Å². The molecule has 0 spiro atoms. The van der Waals surface area contributed by atoms with E-state index in [0.29, 0.717) is 12.0 Å². The molecule has 3 N–H and O–H groups in total. The number of nitrogens with one attached hydrogen (secondary N) is 1. The fourth-order valence-corrected chi connectivity index (χ4v) is 3.73. The number of hydrazine groups is 1. The van der Waals surface area contributed by atoms with Crippen LogP contribution in [0.4, 0.5) is 0 Å². The van der Waals surface area contributed by atoms with Gasteiger partial charge in [0.2, 0.25) is 0 Å². The van der Waals surface area contributed by atoms with Crippen LogP contribution in [0.1, 0.15) is 50.0 Å². The summed E-state index contributed by atoms with van der Waals surface area (Å²) in [5, 5.41) is 0. The minimum absolute atomic E-state index is 0.0573. The SMILES string of the molecule is COC1(CC(CC2CCOc3ccccc32)NN)CCC1. The number of fused-ring (bicyclic) bond motifs is 1. The lowest BCUT2D eigenvalue weighted by Crippen LogP contribution is -2.48. The van der Waals surface area contributed by atoms with Crippen LogP contribution in [0, 0.1) is 0 Å². The summed E-state index contributed by atoms with van der Waals surface area (Å²) in [4.78, 5) is 0. The standard InChI is InChI=1S/C17H26N2O2/c1-20-17(8-4-9-17)12-14(19-18)11-13-7-10-21-16-6-3-2-5-15(13)16/h2-3,5-6,13-14,19H,4,7-12,18H2,1H3. The van der Waals surface area contributed by atoms with Crippen molar-refractivity contribution in [1.82, 2.24) is 5.43 Å². The summed E-state index contributed by atoms with van der Waals surface area (Å²) in [6, 6.07) is 8.67. The van der Waals surface area contributed by atoms with E-state index in [1.54, 1.807) is 0 Å². The first-order valence-electron chi connectivity index (χ1n) is 7.99. The van der Waals surface area contributed by atoms with E-state index in [-0.39, 0.29) is 5.60 Å². The Hall–Kier alpha value is -1.10. The number of methoxy groups -OCH3 is 1. The molecule has 4 nitrogen and oxygen atoms in total. The normalized spacial score (nSPS) is 24.6. The van der Waals surface area contributed by atoms with Gasteiger partial charge in [0.25, 0.3) is 0 Å². The molecule has 0 aromatic heterocycles. The van der Waals surface area contributed by atoms with Gasteiger partial charge in [-0.3, -0.25) is 11.3 Å². The van der Waals surface area contributed by atoms with Crippen LogP contribution in [0.25, 0.3) is 0 Å². The maximum Gasteiger partial charge on any atom is 0.122 e. The van der Waals surface area contributed by atoms with E-state index in [0.717, 1.165) is 44.5 Å². The van der Waals surface area contributed by atoms with Gasteiger partial charge in [0, 0.05) is 13.2 Å². The van der Waals surface area contributed by atoms with Crippen molar-refractivity contribution in [1.29, 1.82) is 0 Å². The van der Waals surface area contributed by atoms with Crippen LogP contribution >= 0.6 is 0 Å². The van der Waals surface area contributed by atoms with E-state index in [1.807, 2.05) is 13.2 Å². The molecule has 1 aromatic carbocycles. The Kier molecular flexibility index (Phi) is 4.48. The quantitative estimate of drug-likeness (QED) is 0.625. The van der Waals surface area contributed by atoms with Gasteiger partial charge in [-0.15, -0.1) is 0 Å². The number of ether oxygens (including phenoxy) is 2. The third kappa shape index (κ3) is 3.07. The zero-order valence-electron chi connectivity index (χ0n) is 12.8. The van der Waals surface area contributed by atoms with Gasteiger partial charge in [0.1, 0.15) is 5.75 Å². The number of rotatable bonds is 6. The molecule has 1 saturated carbocycles. The van der Waals surface area contributed by atoms with Crippen molar-refractivity contribution in [2.45, 2.75) is 56.1 Å². The largest absolute Gasteiger partial charge is 0.493 e. The lowest BCUT2D eigenvalue weighted by Gasteiger charge is -2.43. The van der Waals surface area contributed by atoms with Crippen LogP contribution in [0.5, 0.6) is 5.75 Å². The fraction of sp³-hybridized carbons (Fsp3) is 0.647. The van der Waals surface area contributed by atoms with Gasteiger partial charge in [-0.25, -0.2) is 0 Å². The number of benzene rings is 1. The molecule has 4 heteroatoms. The van der Waals surface area contributed by atoms with Crippen molar-refractivity contribution in [3.05, 3.63) is 29.8 Å². The Bertz CT molecular complexity index is 468. The lowest BCUT2D eigenvalue weighted by atomic mass is 9.74. The zero-order chi connectivity index (χ0) is 14.7. The molecule has 116 valence electrons. The number of nitrogens with two attached hydrogens (primary N) is 1. The molecule has 2 unspecified atom stereocenters. The first kappa shape index (κ1) is 14.8. The van der Waals surface area contributed by atoms with Gasteiger partial charge >= 0.3 is 0 Å². The molecule has 3 rings (SSSR count). The Balaban J connectivity index is 1.67. The third-order valence-corrected chi connectivity index (χ3v) is 5.20. The predicted octanol–water partition coefficient (Wildman–Crippen LogP) is 2.73. The Labute approximate surface area is 127 Å². The predicted molar refractivity (Wildman–Crippen MR) is 83.2 cm³/mol. The lowest BCUT2D eigenvalue weighted by molar-refractivity contribution is -0.0843. The van der Waals surface area contributed by atoms with E-state index in [1.165, 1.54) is 12.0 Å². The van der Waals surface area contributed by atoms with Crippen LogP contribution in [0.2, 0.25) is 0 Å². The highest BCUT2D eigenvalue weighted by Crippen LogP contribution is 2.42. The van der Waals surface area contributed by atoms with E-state index in [9.17, 15) is 0 Å².